The fourth-order valence-electron chi connectivity index (χ4n) is 3.85. The third kappa shape index (κ3) is 1.93. The van der Waals surface area contributed by atoms with Crippen LogP contribution in [0.1, 0.15) is 38.8 Å². The molecule has 0 spiro atoms. The summed E-state index contributed by atoms with van der Waals surface area (Å²) >= 11 is 0. The maximum absolute atomic E-state index is 5.42. The van der Waals surface area contributed by atoms with Gasteiger partial charge in [-0.1, -0.05) is 24.3 Å². The first-order valence-corrected chi connectivity index (χ1v) is 7.43. The molecule has 2 nitrogen and oxygen atoms in total. The van der Waals surface area contributed by atoms with Crippen LogP contribution in [0, 0.1) is 0 Å². The second-order valence-corrected chi connectivity index (χ2v) is 6.70. The van der Waals surface area contributed by atoms with E-state index in [1.807, 2.05) is 0 Å². The van der Waals surface area contributed by atoms with E-state index in [2.05, 4.69) is 81.1 Å². The van der Waals surface area contributed by atoms with Crippen LogP contribution in [0.2, 0.25) is 0 Å². The van der Waals surface area contributed by atoms with Gasteiger partial charge in [-0.15, -0.1) is 0 Å². The number of hydrogen-bond donors (Lipinski definition) is 0. The summed E-state index contributed by atoms with van der Waals surface area (Å²) < 4.78 is 5.42. The quantitative estimate of drug-likeness (QED) is 0.792. The Labute approximate surface area is 127 Å². The highest BCUT2D eigenvalue weighted by Gasteiger charge is 2.49. The summed E-state index contributed by atoms with van der Waals surface area (Å²) in [7, 11) is 1.73. The predicted octanol–water partition coefficient (Wildman–Crippen LogP) is 4.69. The van der Waals surface area contributed by atoms with Gasteiger partial charge in [-0.2, -0.15) is 0 Å². The Balaban J connectivity index is 2.21. The van der Waals surface area contributed by atoms with Crippen molar-refractivity contribution in [1.82, 2.24) is 0 Å². The fraction of sp³-hybridized carbons (Fsp3) is 0.368. The van der Waals surface area contributed by atoms with Gasteiger partial charge in [0.1, 0.15) is 5.75 Å². The highest BCUT2D eigenvalue weighted by atomic mass is 16.5. The molecule has 0 amide bonds. The number of benzene rings is 2. The second kappa shape index (κ2) is 4.52. The van der Waals surface area contributed by atoms with E-state index in [1.165, 1.54) is 16.8 Å². The molecule has 0 aromatic heterocycles. The van der Waals surface area contributed by atoms with Crippen molar-refractivity contribution in [3.05, 3.63) is 59.7 Å². The molecule has 0 N–H and O–H groups in total. The lowest BCUT2D eigenvalue weighted by atomic mass is 9.90. The zero-order valence-electron chi connectivity index (χ0n) is 13.5. The summed E-state index contributed by atoms with van der Waals surface area (Å²) in [5, 5.41) is 0. The molecule has 1 aliphatic heterocycles. The van der Waals surface area contributed by atoms with Gasteiger partial charge in [-0.3, -0.25) is 0 Å². The number of ether oxygens (including phenoxy) is 1. The van der Waals surface area contributed by atoms with Crippen LogP contribution in [0.25, 0.3) is 0 Å². The van der Waals surface area contributed by atoms with E-state index in [-0.39, 0.29) is 11.1 Å². The van der Waals surface area contributed by atoms with E-state index in [9.17, 15) is 0 Å². The molecule has 21 heavy (non-hydrogen) atoms. The lowest BCUT2D eigenvalue weighted by Gasteiger charge is -2.43. The van der Waals surface area contributed by atoms with Crippen LogP contribution >= 0.6 is 0 Å². The van der Waals surface area contributed by atoms with Crippen molar-refractivity contribution in [2.45, 2.75) is 38.8 Å². The number of anilines is 1. The average molecular weight is 281 g/mol. The van der Waals surface area contributed by atoms with Crippen LogP contribution in [0.15, 0.2) is 48.5 Å². The highest BCUT2D eigenvalue weighted by Crippen LogP contribution is 2.52. The van der Waals surface area contributed by atoms with Crippen molar-refractivity contribution in [1.29, 1.82) is 0 Å². The van der Waals surface area contributed by atoms with Gasteiger partial charge >= 0.3 is 0 Å². The monoisotopic (exact) mass is 281 g/mol. The number of para-hydroxylation sites is 1. The molecule has 0 unspecified atom stereocenters. The van der Waals surface area contributed by atoms with E-state index in [0.29, 0.717) is 0 Å². The molecular formula is C19H23NO. The molecule has 3 rings (SSSR count). The first kappa shape index (κ1) is 14.0. The van der Waals surface area contributed by atoms with Gasteiger partial charge < -0.3 is 9.64 Å². The Bertz CT molecular complexity index is 659. The van der Waals surface area contributed by atoms with E-state index < -0.39 is 0 Å². The SMILES string of the molecule is COc1ccc2c(c1)C(C)(C)N(c1ccccc1)C2(C)C. The summed E-state index contributed by atoms with van der Waals surface area (Å²) in [6.07, 6.45) is 0. The van der Waals surface area contributed by atoms with Gasteiger partial charge in [-0.05, 0) is 63.1 Å². The van der Waals surface area contributed by atoms with Crippen molar-refractivity contribution >= 4 is 5.69 Å². The van der Waals surface area contributed by atoms with Gasteiger partial charge in [0.2, 0.25) is 0 Å². The second-order valence-electron chi connectivity index (χ2n) is 6.70. The molecule has 1 heterocycles. The smallest absolute Gasteiger partial charge is 0.119 e. The average Bonchev–Trinajstić information content (AvgIpc) is 2.62. The zero-order valence-corrected chi connectivity index (χ0v) is 13.5. The molecule has 1 aliphatic rings. The Hall–Kier alpha value is -1.96. The largest absolute Gasteiger partial charge is 0.497 e. The highest BCUT2D eigenvalue weighted by molar-refractivity contribution is 5.63. The molecule has 0 atom stereocenters. The summed E-state index contributed by atoms with van der Waals surface area (Å²) in [4.78, 5) is 2.50. The maximum Gasteiger partial charge on any atom is 0.119 e. The standard InChI is InChI=1S/C19H23NO/c1-18(2)16-12-11-15(21-5)13-17(16)19(3,4)20(18)14-9-7-6-8-10-14/h6-13H,1-5H3. The normalized spacial score (nSPS) is 18.4. The molecule has 0 fully saturated rings. The van der Waals surface area contributed by atoms with E-state index in [4.69, 9.17) is 4.74 Å². The van der Waals surface area contributed by atoms with Gasteiger partial charge in [-0.25, -0.2) is 0 Å². The Morgan fingerprint density at radius 3 is 2.05 bits per heavy atom. The van der Waals surface area contributed by atoms with Crippen LogP contribution in [0.3, 0.4) is 0 Å². The van der Waals surface area contributed by atoms with E-state index in [0.717, 1.165) is 5.75 Å². The minimum Gasteiger partial charge on any atom is -0.497 e. The summed E-state index contributed by atoms with van der Waals surface area (Å²) in [6.45, 7) is 9.15. The molecule has 0 radical (unpaired) electrons. The van der Waals surface area contributed by atoms with Crippen molar-refractivity contribution in [3.8, 4) is 5.75 Å². The predicted molar refractivity (Wildman–Crippen MR) is 88.0 cm³/mol. The summed E-state index contributed by atoms with van der Waals surface area (Å²) in [6, 6.07) is 17.1. The third-order valence-corrected chi connectivity index (χ3v) is 4.68. The molecule has 2 heteroatoms. The Morgan fingerprint density at radius 1 is 0.810 bits per heavy atom. The molecule has 2 aromatic carbocycles. The summed E-state index contributed by atoms with van der Waals surface area (Å²) in [5.41, 5.74) is 3.84. The Morgan fingerprint density at radius 2 is 1.43 bits per heavy atom. The van der Waals surface area contributed by atoms with Gasteiger partial charge in [0.25, 0.3) is 0 Å². The lowest BCUT2D eigenvalue weighted by molar-refractivity contribution is 0.400. The fourth-order valence-corrected chi connectivity index (χ4v) is 3.85. The number of rotatable bonds is 2. The number of hydrogen-bond acceptors (Lipinski definition) is 2. The van der Waals surface area contributed by atoms with Crippen LogP contribution < -0.4 is 9.64 Å². The molecule has 0 saturated heterocycles. The van der Waals surface area contributed by atoms with Gasteiger partial charge in [0.05, 0.1) is 18.2 Å². The van der Waals surface area contributed by atoms with Gasteiger partial charge in [0, 0.05) is 5.69 Å². The minimum atomic E-state index is -0.0747. The molecule has 2 aromatic rings. The number of fused-ring (bicyclic) bond motifs is 1. The summed E-state index contributed by atoms with van der Waals surface area (Å²) in [5.74, 6) is 0.924. The third-order valence-electron chi connectivity index (χ3n) is 4.68. The van der Waals surface area contributed by atoms with Crippen LogP contribution in [0.5, 0.6) is 5.75 Å². The van der Waals surface area contributed by atoms with Crippen LogP contribution in [-0.2, 0) is 11.1 Å². The van der Waals surface area contributed by atoms with Gasteiger partial charge in [0.15, 0.2) is 0 Å². The first-order valence-electron chi connectivity index (χ1n) is 7.43. The topological polar surface area (TPSA) is 12.5 Å². The van der Waals surface area contributed by atoms with Crippen molar-refractivity contribution in [2.75, 3.05) is 12.0 Å². The zero-order chi connectivity index (χ0) is 15.3. The van der Waals surface area contributed by atoms with Crippen molar-refractivity contribution in [2.24, 2.45) is 0 Å². The van der Waals surface area contributed by atoms with E-state index >= 15 is 0 Å². The molecule has 0 saturated carbocycles. The van der Waals surface area contributed by atoms with Crippen LogP contribution in [0.4, 0.5) is 5.69 Å². The van der Waals surface area contributed by atoms with E-state index in [1.54, 1.807) is 7.11 Å². The lowest BCUT2D eigenvalue weighted by Crippen LogP contribution is -2.45. The molecule has 0 aliphatic carbocycles. The molecule has 0 bridgehead atoms. The van der Waals surface area contributed by atoms with Crippen LogP contribution in [-0.4, -0.2) is 7.11 Å². The number of methoxy groups -OCH3 is 1. The van der Waals surface area contributed by atoms with Crippen molar-refractivity contribution in [3.63, 3.8) is 0 Å². The minimum absolute atomic E-state index is 0.0491. The van der Waals surface area contributed by atoms with Crippen molar-refractivity contribution < 1.29 is 4.74 Å². The molecular weight excluding hydrogens is 258 g/mol. The first-order chi connectivity index (χ1) is 9.89. The Kier molecular flexibility index (Phi) is 3.01. The maximum atomic E-state index is 5.42. The molecule has 110 valence electrons. The number of nitrogens with zero attached hydrogens (tertiary/aromatic N) is 1.